The van der Waals surface area contributed by atoms with Crippen LogP contribution in [0.25, 0.3) is 0 Å². The third kappa shape index (κ3) is 4.11. The van der Waals surface area contributed by atoms with Crippen molar-refractivity contribution in [2.45, 2.75) is 39.7 Å². The van der Waals surface area contributed by atoms with Gasteiger partial charge in [-0.25, -0.2) is 0 Å². The molecule has 1 unspecified atom stereocenters. The molecule has 3 heteroatoms. The van der Waals surface area contributed by atoms with Gasteiger partial charge in [0.05, 0.1) is 0 Å². The summed E-state index contributed by atoms with van der Waals surface area (Å²) in [5, 5.41) is 2.14. The third-order valence-electron chi connectivity index (χ3n) is 2.15. The van der Waals surface area contributed by atoms with Gasteiger partial charge >= 0.3 is 0 Å². The molecule has 1 aromatic heterocycles. The van der Waals surface area contributed by atoms with Crippen molar-refractivity contribution in [3.8, 4) is 0 Å². The summed E-state index contributed by atoms with van der Waals surface area (Å²) in [6, 6.07) is 2.49. The van der Waals surface area contributed by atoms with Crippen LogP contribution in [0.4, 0.5) is 0 Å². The Kier molecular flexibility index (Phi) is 4.16. The first-order chi connectivity index (χ1) is 6.39. The Morgan fingerprint density at radius 1 is 1.57 bits per heavy atom. The van der Waals surface area contributed by atoms with Crippen LogP contribution in [0.15, 0.2) is 15.9 Å². The predicted molar refractivity (Wildman–Crippen MR) is 67.8 cm³/mol. The van der Waals surface area contributed by atoms with Gasteiger partial charge in [0.2, 0.25) is 0 Å². The number of halogens is 1. The summed E-state index contributed by atoms with van der Waals surface area (Å²) < 4.78 is 1.19. The van der Waals surface area contributed by atoms with Crippen LogP contribution in [-0.4, -0.2) is 6.04 Å². The Morgan fingerprint density at radius 3 is 2.64 bits per heavy atom. The van der Waals surface area contributed by atoms with Crippen molar-refractivity contribution in [1.82, 2.24) is 0 Å². The normalized spacial score (nSPS) is 14.4. The molecule has 0 fully saturated rings. The molecule has 1 nitrogen and oxygen atoms in total. The molecule has 1 aromatic rings. The standard InChI is InChI=1S/C11H18BrNS/c1-8(13)5-11(2,3)6-10-4-9(12)7-14-10/h4,7-8H,5-6,13H2,1-3H3. The van der Waals surface area contributed by atoms with E-state index in [0.29, 0.717) is 5.41 Å². The van der Waals surface area contributed by atoms with E-state index in [0.717, 1.165) is 12.8 Å². The first-order valence-corrected chi connectivity index (χ1v) is 6.55. The molecule has 0 amide bonds. The lowest BCUT2D eigenvalue weighted by Gasteiger charge is -2.25. The van der Waals surface area contributed by atoms with Crippen LogP contribution in [0.1, 0.15) is 32.1 Å². The second kappa shape index (κ2) is 4.77. The van der Waals surface area contributed by atoms with Crippen LogP contribution in [0, 0.1) is 5.41 Å². The van der Waals surface area contributed by atoms with Crippen LogP contribution in [0.3, 0.4) is 0 Å². The van der Waals surface area contributed by atoms with Crippen molar-refractivity contribution in [1.29, 1.82) is 0 Å². The highest BCUT2D eigenvalue weighted by Gasteiger charge is 2.20. The lowest BCUT2D eigenvalue weighted by Crippen LogP contribution is -2.26. The zero-order valence-electron chi connectivity index (χ0n) is 9.01. The van der Waals surface area contributed by atoms with Gasteiger partial charge in [-0.1, -0.05) is 13.8 Å². The van der Waals surface area contributed by atoms with Crippen molar-refractivity contribution in [3.63, 3.8) is 0 Å². The van der Waals surface area contributed by atoms with Gasteiger partial charge in [0.15, 0.2) is 0 Å². The van der Waals surface area contributed by atoms with Crippen LogP contribution in [-0.2, 0) is 6.42 Å². The number of thiophene rings is 1. The largest absolute Gasteiger partial charge is 0.328 e. The fourth-order valence-electron chi connectivity index (χ4n) is 1.86. The summed E-state index contributed by atoms with van der Waals surface area (Å²) >= 11 is 5.29. The summed E-state index contributed by atoms with van der Waals surface area (Å²) in [6.45, 7) is 6.64. The van der Waals surface area contributed by atoms with E-state index in [-0.39, 0.29) is 6.04 Å². The first kappa shape index (κ1) is 12.2. The number of rotatable bonds is 4. The van der Waals surface area contributed by atoms with E-state index in [2.05, 4.69) is 48.1 Å². The third-order valence-corrected chi connectivity index (χ3v) is 3.85. The fraction of sp³-hybridized carbons (Fsp3) is 0.636. The summed E-state index contributed by atoms with van der Waals surface area (Å²) in [5.41, 5.74) is 6.14. The molecule has 0 bridgehead atoms. The van der Waals surface area contributed by atoms with E-state index in [1.165, 1.54) is 9.35 Å². The minimum atomic E-state index is 0.286. The summed E-state index contributed by atoms with van der Waals surface area (Å²) in [6.07, 6.45) is 2.19. The Bertz CT molecular complexity index is 291. The molecule has 0 aliphatic carbocycles. The number of hydrogen-bond acceptors (Lipinski definition) is 2. The molecular formula is C11H18BrNS. The minimum absolute atomic E-state index is 0.286. The van der Waals surface area contributed by atoms with Gasteiger partial charge in [-0.3, -0.25) is 0 Å². The molecular weight excluding hydrogens is 258 g/mol. The molecule has 0 aromatic carbocycles. The maximum atomic E-state index is 5.83. The molecule has 0 aliphatic rings. The molecule has 80 valence electrons. The highest BCUT2D eigenvalue weighted by atomic mass is 79.9. The van der Waals surface area contributed by atoms with Crippen molar-refractivity contribution in [2.24, 2.45) is 11.1 Å². The van der Waals surface area contributed by atoms with Gasteiger partial charge in [-0.05, 0) is 47.2 Å². The molecule has 2 N–H and O–H groups in total. The predicted octanol–water partition coefficient (Wildman–Crippen LogP) is 3.82. The van der Waals surface area contributed by atoms with E-state index in [1.807, 2.05) is 11.3 Å². The van der Waals surface area contributed by atoms with Crippen molar-refractivity contribution < 1.29 is 0 Å². The fourth-order valence-corrected chi connectivity index (χ4v) is 3.57. The molecule has 0 saturated heterocycles. The van der Waals surface area contributed by atoms with Gasteiger partial charge < -0.3 is 5.73 Å². The molecule has 0 spiro atoms. The Labute approximate surface area is 98.8 Å². The quantitative estimate of drug-likeness (QED) is 0.889. The van der Waals surface area contributed by atoms with Gasteiger partial charge in [-0.15, -0.1) is 11.3 Å². The van der Waals surface area contributed by atoms with Gasteiger partial charge in [-0.2, -0.15) is 0 Å². The lowest BCUT2D eigenvalue weighted by molar-refractivity contribution is 0.311. The SMILES string of the molecule is CC(N)CC(C)(C)Cc1cc(Br)cs1. The molecule has 0 radical (unpaired) electrons. The van der Waals surface area contributed by atoms with E-state index in [4.69, 9.17) is 5.73 Å². The van der Waals surface area contributed by atoms with Crippen LogP contribution >= 0.6 is 27.3 Å². The molecule has 1 rings (SSSR count). The van der Waals surface area contributed by atoms with Gasteiger partial charge in [0, 0.05) is 20.8 Å². The maximum Gasteiger partial charge on any atom is 0.0285 e. The zero-order valence-corrected chi connectivity index (χ0v) is 11.4. The Hall–Kier alpha value is 0.140. The van der Waals surface area contributed by atoms with Crippen molar-refractivity contribution in [3.05, 3.63) is 20.8 Å². The van der Waals surface area contributed by atoms with E-state index >= 15 is 0 Å². The molecule has 0 saturated carbocycles. The van der Waals surface area contributed by atoms with E-state index in [1.54, 1.807) is 0 Å². The summed E-state index contributed by atoms with van der Waals surface area (Å²) in [4.78, 5) is 1.43. The lowest BCUT2D eigenvalue weighted by atomic mass is 9.83. The van der Waals surface area contributed by atoms with Crippen molar-refractivity contribution in [2.75, 3.05) is 0 Å². The monoisotopic (exact) mass is 275 g/mol. The molecule has 0 aliphatic heterocycles. The summed E-state index contributed by atoms with van der Waals surface area (Å²) in [5.74, 6) is 0. The second-order valence-electron chi connectivity index (χ2n) is 4.75. The molecule has 1 heterocycles. The smallest absolute Gasteiger partial charge is 0.0285 e. The first-order valence-electron chi connectivity index (χ1n) is 4.87. The highest BCUT2D eigenvalue weighted by Crippen LogP contribution is 2.31. The maximum absolute atomic E-state index is 5.83. The second-order valence-corrected chi connectivity index (χ2v) is 6.67. The van der Waals surface area contributed by atoms with Crippen molar-refractivity contribution >= 4 is 27.3 Å². The van der Waals surface area contributed by atoms with Gasteiger partial charge in [0.25, 0.3) is 0 Å². The average Bonchev–Trinajstić information content (AvgIpc) is 2.30. The van der Waals surface area contributed by atoms with E-state index in [9.17, 15) is 0 Å². The Balaban J connectivity index is 2.58. The average molecular weight is 276 g/mol. The molecule has 14 heavy (non-hydrogen) atoms. The van der Waals surface area contributed by atoms with Crippen LogP contribution < -0.4 is 5.73 Å². The zero-order chi connectivity index (χ0) is 10.8. The molecule has 1 atom stereocenters. The highest BCUT2D eigenvalue weighted by molar-refractivity contribution is 9.10. The van der Waals surface area contributed by atoms with Crippen LogP contribution in [0.5, 0.6) is 0 Å². The van der Waals surface area contributed by atoms with E-state index < -0.39 is 0 Å². The minimum Gasteiger partial charge on any atom is -0.328 e. The topological polar surface area (TPSA) is 26.0 Å². The summed E-state index contributed by atoms with van der Waals surface area (Å²) in [7, 11) is 0. The van der Waals surface area contributed by atoms with Gasteiger partial charge in [0.1, 0.15) is 0 Å². The van der Waals surface area contributed by atoms with Crippen LogP contribution in [0.2, 0.25) is 0 Å². The number of hydrogen-bond donors (Lipinski definition) is 1. The Morgan fingerprint density at radius 2 is 2.21 bits per heavy atom. The number of nitrogens with two attached hydrogens (primary N) is 1.